The van der Waals surface area contributed by atoms with Crippen molar-refractivity contribution in [2.24, 2.45) is 0 Å². The van der Waals surface area contributed by atoms with Crippen LogP contribution in [-0.4, -0.2) is 40.3 Å². The summed E-state index contributed by atoms with van der Waals surface area (Å²) in [6.45, 7) is 1.89. The molecule has 3 heterocycles. The fourth-order valence-electron chi connectivity index (χ4n) is 4.25. The summed E-state index contributed by atoms with van der Waals surface area (Å²) in [4.78, 5) is 50.9. The van der Waals surface area contributed by atoms with Crippen LogP contribution >= 0.6 is 0 Å². The number of carbonyl (C=O) groups excluding carboxylic acids is 4. The maximum Gasteiger partial charge on any atom is 0.262 e. The lowest BCUT2D eigenvalue weighted by Crippen LogP contribution is -2.62. The van der Waals surface area contributed by atoms with Crippen molar-refractivity contribution in [2.45, 2.75) is 44.2 Å². The topological polar surface area (TPSA) is 108 Å². The Labute approximate surface area is 182 Å². The van der Waals surface area contributed by atoms with E-state index in [9.17, 15) is 23.6 Å². The van der Waals surface area contributed by atoms with Crippen LogP contribution in [0.15, 0.2) is 42.5 Å². The minimum absolute atomic E-state index is 0.0570. The molecular formula is C23H20FN3O5. The molecule has 8 nitrogen and oxygen atoms in total. The van der Waals surface area contributed by atoms with Crippen molar-refractivity contribution in [3.8, 4) is 0 Å². The maximum absolute atomic E-state index is 13.1. The molecule has 0 spiro atoms. The monoisotopic (exact) mass is 437 g/mol. The van der Waals surface area contributed by atoms with Gasteiger partial charge in [-0.3, -0.25) is 34.7 Å². The van der Waals surface area contributed by atoms with Crippen LogP contribution in [0.25, 0.3) is 0 Å². The number of fused-ring (bicyclic) bond motifs is 1. The molecular weight excluding hydrogens is 417 g/mol. The van der Waals surface area contributed by atoms with Gasteiger partial charge in [0.1, 0.15) is 23.7 Å². The lowest BCUT2D eigenvalue weighted by Gasteiger charge is -2.38. The Morgan fingerprint density at radius 2 is 1.81 bits per heavy atom. The standard InChI is InChI=1S/C23H20FN3O5/c1-23(9-8-17(28)26-22(23)31)27-20(29)15-7-2-12(10-16(15)21(27)30)11-25-19-18(32-19)13-3-5-14(24)6-4-13/h2-7,10,18-19,25H,8-9,11H2,1H3,(H,26,28,31)/t18?,19?,23-/m0/s1. The molecule has 0 bridgehead atoms. The van der Waals surface area contributed by atoms with Gasteiger partial charge in [0, 0.05) is 13.0 Å². The van der Waals surface area contributed by atoms with E-state index in [1.165, 1.54) is 19.1 Å². The molecule has 2 unspecified atom stereocenters. The van der Waals surface area contributed by atoms with Crippen LogP contribution in [0.5, 0.6) is 0 Å². The first-order valence-corrected chi connectivity index (χ1v) is 10.3. The molecule has 164 valence electrons. The van der Waals surface area contributed by atoms with E-state index < -0.39 is 29.2 Å². The van der Waals surface area contributed by atoms with Crippen molar-refractivity contribution in [1.82, 2.24) is 15.5 Å². The van der Waals surface area contributed by atoms with Crippen molar-refractivity contribution >= 4 is 23.6 Å². The third-order valence-electron chi connectivity index (χ3n) is 6.22. The molecule has 0 aliphatic carbocycles. The zero-order chi connectivity index (χ0) is 22.6. The molecule has 3 aliphatic rings. The summed E-state index contributed by atoms with van der Waals surface area (Å²) in [7, 11) is 0. The van der Waals surface area contributed by atoms with Gasteiger partial charge in [-0.1, -0.05) is 18.2 Å². The average molecular weight is 437 g/mol. The normalized spacial score (nSPS) is 26.9. The van der Waals surface area contributed by atoms with Gasteiger partial charge in [-0.2, -0.15) is 0 Å². The van der Waals surface area contributed by atoms with Crippen LogP contribution in [0.3, 0.4) is 0 Å². The van der Waals surface area contributed by atoms with E-state index in [-0.39, 0.29) is 42.1 Å². The van der Waals surface area contributed by atoms with E-state index >= 15 is 0 Å². The van der Waals surface area contributed by atoms with E-state index in [1.807, 2.05) is 0 Å². The van der Waals surface area contributed by atoms with Gasteiger partial charge in [0.05, 0.1) is 11.1 Å². The number of benzene rings is 2. The van der Waals surface area contributed by atoms with Crippen molar-refractivity contribution in [3.05, 3.63) is 70.5 Å². The highest BCUT2D eigenvalue weighted by Gasteiger charge is 2.52. The molecule has 2 aromatic rings. The molecule has 4 amide bonds. The number of hydrogen-bond acceptors (Lipinski definition) is 6. The van der Waals surface area contributed by atoms with Crippen LogP contribution in [0, 0.1) is 5.82 Å². The Balaban J connectivity index is 1.29. The summed E-state index contributed by atoms with van der Waals surface area (Å²) in [6.07, 6.45) is -0.260. The minimum Gasteiger partial charge on any atom is -0.348 e. The maximum atomic E-state index is 13.1. The predicted octanol–water partition coefficient (Wildman–Crippen LogP) is 1.80. The Bertz CT molecular complexity index is 1160. The summed E-state index contributed by atoms with van der Waals surface area (Å²) in [5, 5.41) is 5.44. The summed E-state index contributed by atoms with van der Waals surface area (Å²) in [6, 6.07) is 11.1. The Kier molecular flexibility index (Phi) is 4.68. The first-order chi connectivity index (χ1) is 15.3. The van der Waals surface area contributed by atoms with Gasteiger partial charge in [0.25, 0.3) is 17.7 Å². The molecule has 3 aliphatic heterocycles. The number of rotatable bonds is 5. The summed E-state index contributed by atoms with van der Waals surface area (Å²) < 4.78 is 18.7. The number of amides is 4. The van der Waals surface area contributed by atoms with Gasteiger partial charge >= 0.3 is 0 Å². The number of hydrogen-bond donors (Lipinski definition) is 2. The lowest BCUT2D eigenvalue weighted by molar-refractivity contribution is -0.140. The van der Waals surface area contributed by atoms with Gasteiger partial charge in [-0.15, -0.1) is 0 Å². The molecule has 2 fully saturated rings. The molecule has 0 radical (unpaired) electrons. The Hall–Kier alpha value is -3.43. The second-order valence-corrected chi connectivity index (χ2v) is 8.39. The van der Waals surface area contributed by atoms with Gasteiger partial charge in [0.15, 0.2) is 0 Å². The van der Waals surface area contributed by atoms with Crippen LogP contribution in [0.4, 0.5) is 4.39 Å². The van der Waals surface area contributed by atoms with E-state index in [4.69, 9.17) is 4.74 Å². The summed E-state index contributed by atoms with van der Waals surface area (Å²) >= 11 is 0. The van der Waals surface area contributed by atoms with Gasteiger partial charge in [-0.05, 0) is 48.7 Å². The third-order valence-corrected chi connectivity index (χ3v) is 6.22. The second kappa shape index (κ2) is 7.32. The molecule has 9 heteroatoms. The Morgan fingerprint density at radius 3 is 2.53 bits per heavy atom. The molecule has 2 aromatic carbocycles. The first-order valence-electron chi connectivity index (χ1n) is 10.3. The van der Waals surface area contributed by atoms with Gasteiger partial charge in [0.2, 0.25) is 5.91 Å². The number of ether oxygens (including phenoxy) is 1. The molecule has 5 rings (SSSR count). The highest BCUT2D eigenvalue weighted by atomic mass is 19.1. The number of nitrogens with zero attached hydrogens (tertiary/aromatic N) is 1. The van der Waals surface area contributed by atoms with Crippen LogP contribution in [0.2, 0.25) is 0 Å². The van der Waals surface area contributed by atoms with Gasteiger partial charge in [-0.25, -0.2) is 4.39 Å². The zero-order valence-corrected chi connectivity index (χ0v) is 17.2. The van der Waals surface area contributed by atoms with Crippen molar-refractivity contribution in [1.29, 1.82) is 0 Å². The number of nitrogens with one attached hydrogen (secondary N) is 2. The SMILES string of the molecule is C[C@]1(N2C(=O)c3ccc(CNC4OC4c4ccc(F)cc4)cc3C2=O)CCC(=O)NC1=O. The van der Waals surface area contributed by atoms with Crippen molar-refractivity contribution in [2.75, 3.05) is 0 Å². The van der Waals surface area contributed by atoms with Crippen LogP contribution in [-0.2, 0) is 20.9 Å². The predicted molar refractivity (Wildman–Crippen MR) is 109 cm³/mol. The smallest absolute Gasteiger partial charge is 0.262 e. The number of epoxide rings is 1. The quantitative estimate of drug-likeness (QED) is 0.546. The summed E-state index contributed by atoms with van der Waals surface area (Å²) in [5.41, 5.74) is 0.688. The number of carbonyl (C=O) groups is 4. The second-order valence-electron chi connectivity index (χ2n) is 8.39. The first kappa shape index (κ1) is 20.5. The fourth-order valence-corrected chi connectivity index (χ4v) is 4.25. The molecule has 0 saturated carbocycles. The van der Waals surface area contributed by atoms with Crippen LogP contribution in [0.1, 0.15) is 57.7 Å². The van der Waals surface area contributed by atoms with E-state index in [2.05, 4.69) is 10.6 Å². The number of halogens is 1. The minimum atomic E-state index is -1.41. The van der Waals surface area contributed by atoms with E-state index in [0.29, 0.717) is 6.54 Å². The fraction of sp³-hybridized carbons (Fsp3) is 0.304. The number of piperidine rings is 1. The highest BCUT2D eigenvalue weighted by Crippen LogP contribution is 2.37. The molecule has 32 heavy (non-hydrogen) atoms. The molecule has 2 saturated heterocycles. The van der Waals surface area contributed by atoms with Crippen LogP contribution < -0.4 is 10.6 Å². The lowest BCUT2D eigenvalue weighted by atomic mass is 9.89. The van der Waals surface area contributed by atoms with Crippen molar-refractivity contribution in [3.63, 3.8) is 0 Å². The molecule has 2 N–H and O–H groups in total. The molecule has 0 aromatic heterocycles. The van der Waals surface area contributed by atoms with E-state index in [0.717, 1.165) is 16.0 Å². The zero-order valence-electron chi connectivity index (χ0n) is 17.2. The summed E-state index contributed by atoms with van der Waals surface area (Å²) in [5.74, 6) is -2.47. The third kappa shape index (κ3) is 3.30. The highest BCUT2D eigenvalue weighted by molar-refractivity contribution is 6.24. The molecule has 3 atom stereocenters. The number of imide groups is 2. The van der Waals surface area contributed by atoms with Gasteiger partial charge < -0.3 is 4.74 Å². The van der Waals surface area contributed by atoms with Crippen molar-refractivity contribution < 1.29 is 28.3 Å². The largest absolute Gasteiger partial charge is 0.348 e. The average Bonchev–Trinajstić information content (AvgIpc) is 3.50. The Morgan fingerprint density at radius 1 is 1.09 bits per heavy atom. The van der Waals surface area contributed by atoms with E-state index in [1.54, 1.807) is 30.3 Å².